The summed E-state index contributed by atoms with van der Waals surface area (Å²) in [5.41, 5.74) is 6.53. The predicted octanol–water partition coefficient (Wildman–Crippen LogP) is 1.69. The Morgan fingerprint density at radius 3 is 2.52 bits per heavy atom. The SMILES string of the molecule is CC(=O)OC1[C@H](C)OC(C(N)=O)[C@@H](OC2CCCCO2)[C@H]1OCc1ccccc1. The molecule has 29 heavy (non-hydrogen) atoms. The molecule has 3 unspecified atom stereocenters. The Kier molecular flexibility index (Phi) is 7.60. The van der Waals surface area contributed by atoms with Crippen LogP contribution in [0.2, 0.25) is 0 Å². The first kappa shape index (κ1) is 21.7. The Labute approximate surface area is 170 Å². The molecule has 8 nitrogen and oxygen atoms in total. The summed E-state index contributed by atoms with van der Waals surface area (Å²) in [6.45, 7) is 3.88. The quantitative estimate of drug-likeness (QED) is 0.686. The minimum Gasteiger partial charge on any atom is -0.457 e. The van der Waals surface area contributed by atoms with Crippen LogP contribution in [-0.4, -0.2) is 55.3 Å². The van der Waals surface area contributed by atoms with E-state index in [1.165, 1.54) is 6.92 Å². The summed E-state index contributed by atoms with van der Waals surface area (Å²) in [6.07, 6.45) is -1.87. The number of hydrogen-bond acceptors (Lipinski definition) is 7. The van der Waals surface area contributed by atoms with E-state index in [9.17, 15) is 9.59 Å². The number of amides is 1. The lowest BCUT2D eigenvalue weighted by molar-refractivity contribution is -0.286. The predicted molar refractivity (Wildman–Crippen MR) is 103 cm³/mol. The van der Waals surface area contributed by atoms with Crippen molar-refractivity contribution in [2.45, 2.75) is 76.5 Å². The second kappa shape index (κ2) is 10.2. The molecule has 2 N–H and O–H groups in total. The fourth-order valence-corrected chi connectivity index (χ4v) is 3.69. The first-order valence-electron chi connectivity index (χ1n) is 10.0. The molecule has 8 heteroatoms. The lowest BCUT2D eigenvalue weighted by atomic mass is 9.94. The third kappa shape index (κ3) is 5.76. The summed E-state index contributed by atoms with van der Waals surface area (Å²) in [4.78, 5) is 23.8. The van der Waals surface area contributed by atoms with Gasteiger partial charge < -0.3 is 29.4 Å². The third-order valence-corrected chi connectivity index (χ3v) is 5.08. The molecule has 0 aromatic heterocycles. The van der Waals surface area contributed by atoms with Crippen molar-refractivity contribution in [2.24, 2.45) is 5.73 Å². The van der Waals surface area contributed by atoms with Gasteiger partial charge >= 0.3 is 5.97 Å². The molecule has 2 aliphatic heterocycles. The summed E-state index contributed by atoms with van der Waals surface area (Å²) in [5.74, 6) is -1.13. The van der Waals surface area contributed by atoms with Crippen LogP contribution in [0.4, 0.5) is 0 Å². The van der Waals surface area contributed by atoms with Gasteiger partial charge in [0.15, 0.2) is 18.5 Å². The minimum atomic E-state index is -1.04. The number of carbonyl (C=O) groups excluding carboxylic acids is 2. The average Bonchev–Trinajstić information content (AvgIpc) is 2.70. The Morgan fingerprint density at radius 1 is 1.14 bits per heavy atom. The number of rotatable bonds is 7. The third-order valence-electron chi connectivity index (χ3n) is 5.08. The number of hydrogen-bond donors (Lipinski definition) is 1. The molecule has 2 aliphatic rings. The number of carbonyl (C=O) groups is 2. The maximum absolute atomic E-state index is 12.1. The highest BCUT2D eigenvalue weighted by Crippen LogP contribution is 2.31. The first-order chi connectivity index (χ1) is 14.0. The molecule has 6 atom stereocenters. The molecule has 2 heterocycles. The average molecular weight is 407 g/mol. The Bertz CT molecular complexity index is 677. The van der Waals surface area contributed by atoms with Gasteiger partial charge in [0.2, 0.25) is 5.91 Å². The molecule has 160 valence electrons. The van der Waals surface area contributed by atoms with Crippen molar-refractivity contribution < 1.29 is 33.3 Å². The van der Waals surface area contributed by atoms with Gasteiger partial charge in [-0.2, -0.15) is 0 Å². The van der Waals surface area contributed by atoms with E-state index in [0.29, 0.717) is 13.0 Å². The van der Waals surface area contributed by atoms with E-state index in [-0.39, 0.29) is 6.61 Å². The van der Waals surface area contributed by atoms with Gasteiger partial charge in [0.1, 0.15) is 12.2 Å². The topological polar surface area (TPSA) is 106 Å². The number of primary amides is 1. The van der Waals surface area contributed by atoms with Crippen LogP contribution in [0.3, 0.4) is 0 Å². The molecule has 3 rings (SSSR count). The van der Waals surface area contributed by atoms with Gasteiger partial charge in [0.25, 0.3) is 0 Å². The normalized spacial score (nSPS) is 32.5. The van der Waals surface area contributed by atoms with Crippen LogP contribution in [0.25, 0.3) is 0 Å². The minimum absolute atomic E-state index is 0.257. The molecule has 2 fully saturated rings. The highest BCUT2D eigenvalue weighted by molar-refractivity contribution is 5.80. The zero-order chi connectivity index (χ0) is 20.8. The fraction of sp³-hybridized carbons (Fsp3) is 0.619. The number of benzene rings is 1. The van der Waals surface area contributed by atoms with Gasteiger partial charge in [0, 0.05) is 13.5 Å². The lowest BCUT2D eigenvalue weighted by Crippen LogP contribution is -2.63. The standard InChI is InChI=1S/C21H29NO7/c1-13-17(28-14(2)23)18(26-12-15-8-4-3-5-9-15)19(20(27-13)21(22)24)29-16-10-6-7-11-25-16/h3-5,8-9,13,16-20H,6-7,10-12H2,1-2H3,(H2,22,24)/t13-,16?,17?,18-,19-,20?/m0/s1. The fourth-order valence-electron chi connectivity index (χ4n) is 3.69. The van der Waals surface area contributed by atoms with Gasteiger partial charge in [-0.15, -0.1) is 0 Å². The van der Waals surface area contributed by atoms with Gasteiger partial charge in [-0.3, -0.25) is 9.59 Å². The zero-order valence-corrected chi connectivity index (χ0v) is 16.8. The molecule has 0 spiro atoms. The molecule has 0 bridgehead atoms. The number of nitrogens with two attached hydrogens (primary N) is 1. The van der Waals surface area contributed by atoms with Crippen LogP contribution in [0, 0.1) is 0 Å². The van der Waals surface area contributed by atoms with Gasteiger partial charge in [-0.05, 0) is 31.7 Å². The first-order valence-corrected chi connectivity index (χ1v) is 10.0. The summed E-state index contributed by atoms with van der Waals surface area (Å²) >= 11 is 0. The summed E-state index contributed by atoms with van der Waals surface area (Å²) in [6, 6.07) is 9.58. The number of esters is 1. The van der Waals surface area contributed by atoms with E-state index in [1.807, 2.05) is 30.3 Å². The Hall–Kier alpha value is -2.00. The van der Waals surface area contributed by atoms with E-state index in [4.69, 9.17) is 29.4 Å². The maximum atomic E-state index is 12.1. The van der Waals surface area contributed by atoms with Crippen molar-refractivity contribution in [1.82, 2.24) is 0 Å². The van der Waals surface area contributed by atoms with Crippen molar-refractivity contribution in [3.8, 4) is 0 Å². The second-order valence-electron chi connectivity index (χ2n) is 7.40. The van der Waals surface area contributed by atoms with Crippen LogP contribution in [0.1, 0.15) is 38.7 Å². The van der Waals surface area contributed by atoms with E-state index in [0.717, 1.165) is 18.4 Å². The smallest absolute Gasteiger partial charge is 0.303 e. The van der Waals surface area contributed by atoms with Gasteiger partial charge in [0.05, 0.1) is 12.7 Å². The van der Waals surface area contributed by atoms with Crippen LogP contribution in [0.15, 0.2) is 30.3 Å². The molecule has 1 aromatic carbocycles. The van der Waals surface area contributed by atoms with Crippen molar-refractivity contribution in [2.75, 3.05) is 6.61 Å². The number of ether oxygens (including phenoxy) is 5. The Balaban J connectivity index is 1.84. The van der Waals surface area contributed by atoms with Crippen LogP contribution in [0.5, 0.6) is 0 Å². The van der Waals surface area contributed by atoms with Gasteiger partial charge in [-0.25, -0.2) is 0 Å². The van der Waals surface area contributed by atoms with E-state index in [2.05, 4.69) is 0 Å². The van der Waals surface area contributed by atoms with Crippen LogP contribution >= 0.6 is 0 Å². The molecule has 0 radical (unpaired) electrons. The molecule has 0 aliphatic carbocycles. The summed E-state index contributed by atoms with van der Waals surface area (Å²) in [5, 5.41) is 0. The van der Waals surface area contributed by atoms with Gasteiger partial charge in [-0.1, -0.05) is 30.3 Å². The Morgan fingerprint density at radius 2 is 1.90 bits per heavy atom. The van der Waals surface area contributed by atoms with Crippen molar-refractivity contribution >= 4 is 11.9 Å². The molecular weight excluding hydrogens is 378 g/mol. The van der Waals surface area contributed by atoms with E-state index in [1.54, 1.807) is 6.92 Å². The van der Waals surface area contributed by atoms with E-state index < -0.39 is 48.7 Å². The zero-order valence-electron chi connectivity index (χ0n) is 16.8. The largest absolute Gasteiger partial charge is 0.457 e. The van der Waals surface area contributed by atoms with Crippen molar-refractivity contribution in [1.29, 1.82) is 0 Å². The molecule has 1 amide bonds. The van der Waals surface area contributed by atoms with Crippen LogP contribution < -0.4 is 5.73 Å². The highest BCUT2D eigenvalue weighted by atomic mass is 16.7. The molecule has 2 saturated heterocycles. The van der Waals surface area contributed by atoms with Crippen molar-refractivity contribution in [3.63, 3.8) is 0 Å². The highest BCUT2D eigenvalue weighted by Gasteiger charge is 2.50. The summed E-state index contributed by atoms with van der Waals surface area (Å²) in [7, 11) is 0. The second-order valence-corrected chi connectivity index (χ2v) is 7.40. The van der Waals surface area contributed by atoms with Crippen molar-refractivity contribution in [3.05, 3.63) is 35.9 Å². The summed E-state index contributed by atoms with van der Waals surface area (Å²) < 4.78 is 29.2. The van der Waals surface area contributed by atoms with Crippen LogP contribution in [-0.2, 0) is 39.9 Å². The molecular formula is C21H29NO7. The maximum Gasteiger partial charge on any atom is 0.303 e. The molecule has 0 saturated carbocycles. The van der Waals surface area contributed by atoms with E-state index >= 15 is 0 Å². The molecule has 1 aromatic rings. The lowest BCUT2D eigenvalue weighted by Gasteiger charge is -2.45. The monoisotopic (exact) mass is 407 g/mol.